The Kier molecular flexibility index (Phi) is 3.14. The Bertz CT molecular complexity index is 983. The van der Waals surface area contributed by atoms with Crippen molar-refractivity contribution in [2.75, 3.05) is 0 Å². The van der Waals surface area contributed by atoms with Gasteiger partial charge in [0.1, 0.15) is 0 Å². The summed E-state index contributed by atoms with van der Waals surface area (Å²) in [6.45, 7) is 5.53. The van der Waals surface area contributed by atoms with Gasteiger partial charge in [-0.05, 0) is 71.0 Å². The zero-order valence-corrected chi connectivity index (χ0v) is 14.9. The molecule has 3 nitrogen and oxygen atoms in total. The lowest BCUT2D eigenvalue weighted by molar-refractivity contribution is 0.180. The maximum Gasteiger partial charge on any atom is 0.0961 e. The Hall–Kier alpha value is -2.13. The average molecular weight is 332 g/mol. The molecule has 2 aromatic carbocycles. The van der Waals surface area contributed by atoms with Gasteiger partial charge in [0.15, 0.2) is 0 Å². The van der Waals surface area contributed by atoms with Gasteiger partial charge in [0.05, 0.1) is 23.5 Å². The van der Waals surface area contributed by atoms with Gasteiger partial charge >= 0.3 is 0 Å². The van der Waals surface area contributed by atoms with Crippen molar-refractivity contribution < 1.29 is 5.11 Å². The lowest BCUT2D eigenvalue weighted by atomic mass is 9.90. The van der Waals surface area contributed by atoms with Gasteiger partial charge in [-0.2, -0.15) is 0 Å². The Morgan fingerprint density at radius 3 is 2.76 bits per heavy atom. The van der Waals surface area contributed by atoms with Gasteiger partial charge in [-0.25, -0.2) is 4.98 Å². The number of aromatic nitrogens is 2. The molecule has 2 aliphatic carbocycles. The number of aliphatic hydroxyl groups is 1. The largest absolute Gasteiger partial charge is 0.388 e. The summed E-state index contributed by atoms with van der Waals surface area (Å²) in [5, 5.41) is 9.99. The van der Waals surface area contributed by atoms with E-state index in [2.05, 4.69) is 53.7 Å². The highest BCUT2D eigenvalue weighted by atomic mass is 16.3. The van der Waals surface area contributed by atoms with E-state index < -0.39 is 0 Å². The topological polar surface area (TPSA) is 38.0 Å². The van der Waals surface area contributed by atoms with E-state index in [-0.39, 0.29) is 6.10 Å². The molecule has 0 bridgehead atoms. The number of benzene rings is 2. The van der Waals surface area contributed by atoms with E-state index in [1.54, 1.807) is 0 Å². The molecule has 0 saturated carbocycles. The normalized spacial score (nSPS) is 20.8. The molecule has 1 unspecified atom stereocenters. The minimum absolute atomic E-state index is 0.274. The smallest absolute Gasteiger partial charge is 0.0961 e. The van der Waals surface area contributed by atoms with Crippen molar-refractivity contribution in [1.29, 1.82) is 0 Å². The monoisotopic (exact) mass is 332 g/mol. The van der Waals surface area contributed by atoms with Crippen molar-refractivity contribution in [2.24, 2.45) is 5.41 Å². The van der Waals surface area contributed by atoms with Crippen LogP contribution in [0.25, 0.3) is 11.0 Å². The molecule has 1 N–H and O–H groups in total. The first-order valence-electron chi connectivity index (χ1n) is 9.25. The minimum Gasteiger partial charge on any atom is -0.388 e. The van der Waals surface area contributed by atoms with E-state index in [1.165, 1.54) is 27.8 Å². The third kappa shape index (κ3) is 2.49. The predicted molar refractivity (Wildman–Crippen MR) is 99.7 cm³/mol. The summed E-state index contributed by atoms with van der Waals surface area (Å²) in [6, 6.07) is 11.1. The van der Waals surface area contributed by atoms with Gasteiger partial charge in [-0.3, -0.25) is 0 Å². The SMILES string of the molecule is CC1(C)Cc2cc3ncn(Cc4ccc5c(c4)CCC5O)c3cc2C1. The van der Waals surface area contributed by atoms with Crippen LogP contribution in [0.3, 0.4) is 0 Å². The van der Waals surface area contributed by atoms with Crippen LogP contribution in [0.4, 0.5) is 0 Å². The summed E-state index contributed by atoms with van der Waals surface area (Å²) in [5.41, 5.74) is 9.35. The van der Waals surface area contributed by atoms with Crippen molar-refractivity contribution in [3.05, 3.63) is 64.5 Å². The molecule has 1 aromatic heterocycles. The van der Waals surface area contributed by atoms with Gasteiger partial charge in [0, 0.05) is 6.54 Å². The molecule has 0 fully saturated rings. The van der Waals surface area contributed by atoms with Crippen LogP contribution >= 0.6 is 0 Å². The van der Waals surface area contributed by atoms with Crippen LogP contribution in [0.1, 0.15) is 54.2 Å². The summed E-state index contributed by atoms with van der Waals surface area (Å²) in [7, 11) is 0. The van der Waals surface area contributed by atoms with Crippen LogP contribution in [0.2, 0.25) is 0 Å². The molecule has 0 radical (unpaired) electrons. The average Bonchev–Trinajstić information content (AvgIpc) is 3.20. The Morgan fingerprint density at radius 2 is 1.92 bits per heavy atom. The highest BCUT2D eigenvalue weighted by molar-refractivity contribution is 5.78. The number of aliphatic hydroxyl groups excluding tert-OH is 1. The molecule has 0 saturated heterocycles. The summed E-state index contributed by atoms with van der Waals surface area (Å²) in [4.78, 5) is 4.65. The molecule has 0 amide bonds. The standard InChI is InChI=1S/C22H24N2O/c1-22(2)10-16-8-19-20(9-17(16)11-22)24(13-23-19)12-14-3-5-18-15(7-14)4-6-21(18)25/h3,5,7-9,13,21,25H,4,6,10-12H2,1-2H3. The molecule has 25 heavy (non-hydrogen) atoms. The predicted octanol–water partition coefficient (Wildman–Crippen LogP) is 4.19. The zero-order chi connectivity index (χ0) is 17.2. The molecule has 3 heteroatoms. The van der Waals surface area contributed by atoms with Crippen molar-refractivity contribution in [2.45, 2.75) is 52.2 Å². The van der Waals surface area contributed by atoms with Crippen molar-refractivity contribution in [3.63, 3.8) is 0 Å². The quantitative estimate of drug-likeness (QED) is 0.764. The fourth-order valence-electron chi connectivity index (χ4n) is 4.68. The third-order valence-electron chi connectivity index (χ3n) is 5.89. The Labute approximate surface area is 148 Å². The number of nitrogens with zero attached hydrogens (tertiary/aromatic N) is 2. The van der Waals surface area contributed by atoms with E-state index in [4.69, 9.17) is 0 Å². The number of aryl methyl sites for hydroxylation is 1. The van der Waals surface area contributed by atoms with Crippen LogP contribution in [0, 0.1) is 5.41 Å². The molecule has 1 heterocycles. The molecule has 3 aromatic rings. The van der Waals surface area contributed by atoms with Crippen molar-refractivity contribution in [1.82, 2.24) is 9.55 Å². The van der Waals surface area contributed by atoms with Crippen LogP contribution in [0.5, 0.6) is 0 Å². The maximum absolute atomic E-state index is 9.99. The van der Waals surface area contributed by atoms with E-state index >= 15 is 0 Å². The van der Waals surface area contributed by atoms with Gasteiger partial charge in [0.25, 0.3) is 0 Å². The Morgan fingerprint density at radius 1 is 1.12 bits per heavy atom. The highest BCUT2D eigenvalue weighted by Gasteiger charge is 2.29. The molecular formula is C22H24N2O. The zero-order valence-electron chi connectivity index (χ0n) is 14.9. The minimum atomic E-state index is -0.274. The number of hydrogen-bond acceptors (Lipinski definition) is 2. The summed E-state index contributed by atoms with van der Waals surface area (Å²) >= 11 is 0. The maximum atomic E-state index is 9.99. The summed E-state index contributed by atoms with van der Waals surface area (Å²) in [5.74, 6) is 0. The number of hydrogen-bond donors (Lipinski definition) is 1. The first kappa shape index (κ1) is 15.2. The van der Waals surface area contributed by atoms with Crippen LogP contribution in [-0.4, -0.2) is 14.7 Å². The van der Waals surface area contributed by atoms with Gasteiger partial charge in [-0.1, -0.05) is 32.0 Å². The fourth-order valence-corrected chi connectivity index (χ4v) is 4.68. The van der Waals surface area contributed by atoms with Crippen molar-refractivity contribution >= 4 is 11.0 Å². The molecule has 128 valence electrons. The second kappa shape index (κ2) is 5.18. The number of rotatable bonds is 2. The summed E-state index contributed by atoms with van der Waals surface area (Å²) < 4.78 is 2.26. The van der Waals surface area contributed by atoms with Crippen molar-refractivity contribution in [3.8, 4) is 0 Å². The van der Waals surface area contributed by atoms with Crippen LogP contribution in [-0.2, 0) is 25.8 Å². The lowest BCUT2D eigenvalue weighted by Gasteiger charge is -2.14. The number of fused-ring (bicyclic) bond motifs is 3. The first-order chi connectivity index (χ1) is 12.0. The summed E-state index contributed by atoms with van der Waals surface area (Å²) in [6.07, 6.45) is 5.83. The molecule has 2 aliphatic rings. The first-order valence-corrected chi connectivity index (χ1v) is 9.25. The van der Waals surface area contributed by atoms with Crippen LogP contribution < -0.4 is 0 Å². The van der Waals surface area contributed by atoms with E-state index in [9.17, 15) is 5.11 Å². The highest BCUT2D eigenvalue weighted by Crippen LogP contribution is 2.38. The second-order valence-corrected chi connectivity index (χ2v) is 8.59. The van der Waals surface area contributed by atoms with Gasteiger partial charge in [-0.15, -0.1) is 0 Å². The molecule has 5 rings (SSSR count). The van der Waals surface area contributed by atoms with Gasteiger partial charge in [0.2, 0.25) is 0 Å². The Balaban J connectivity index is 1.50. The molecular weight excluding hydrogens is 308 g/mol. The van der Waals surface area contributed by atoms with E-state index in [1.807, 2.05) is 6.33 Å². The van der Waals surface area contributed by atoms with Crippen LogP contribution in [0.15, 0.2) is 36.7 Å². The third-order valence-corrected chi connectivity index (χ3v) is 5.89. The number of imidazole rings is 1. The second-order valence-electron chi connectivity index (χ2n) is 8.59. The molecule has 0 aliphatic heterocycles. The van der Waals surface area contributed by atoms with E-state index in [0.29, 0.717) is 5.41 Å². The van der Waals surface area contributed by atoms with E-state index in [0.717, 1.165) is 43.3 Å². The molecule has 1 atom stereocenters. The fraction of sp³-hybridized carbons (Fsp3) is 0.409. The lowest BCUT2D eigenvalue weighted by Crippen LogP contribution is -2.09. The molecule has 0 spiro atoms. The van der Waals surface area contributed by atoms with Gasteiger partial charge < -0.3 is 9.67 Å².